The van der Waals surface area contributed by atoms with E-state index in [0.29, 0.717) is 0 Å². The molecule has 1 amide bonds. The Labute approximate surface area is 82.0 Å². The molecule has 0 radical (unpaired) electrons. The summed E-state index contributed by atoms with van der Waals surface area (Å²) >= 11 is 0. The lowest BCUT2D eigenvalue weighted by molar-refractivity contribution is -0.210. The van der Waals surface area contributed by atoms with Crippen LogP contribution >= 0.6 is 0 Å². The molecule has 0 aromatic heterocycles. The first-order valence-electron chi connectivity index (χ1n) is 4.47. The van der Waals surface area contributed by atoms with Crippen molar-refractivity contribution in [3.8, 4) is 0 Å². The molecule has 14 heavy (non-hydrogen) atoms. The van der Waals surface area contributed by atoms with Gasteiger partial charge in [-0.3, -0.25) is 4.79 Å². The molecule has 1 aliphatic rings. The van der Waals surface area contributed by atoms with Crippen molar-refractivity contribution in [3.05, 3.63) is 0 Å². The topological polar surface area (TPSA) is 105 Å². The number of amides is 1. The molecule has 6 nitrogen and oxygen atoms in total. The zero-order valence-corrected chi connectivity index (χ0v) is 8.18. The smallest absolute Gasteiger partial charge is 0.217 e. The molecule has 0 aromatic rings. The van der Waals surface area contributed by atoms with E-state index in [1.54, 1.807) is 6.92 Å². The van der Waals surface area contributed by atoms with Crippen molar-refractivity contribution < 1.29 is 19.7 Å². The monoisotopic (exact) mass is 204 g/mol. The van der Waals surface area contributed by atoms with E-state index < -0.39 is 30.6 Å². The SMILES string of the molecule is CC(=O)N[C@@H]1[C@@H](O)[C@@H](N)[C@@H](C)O[C@@H]1O. The summed E-state index contributed by atoms with van der Waals surface area (Å²) in [6.07, 6.45) is -2.66. The molecule has 1 saturated heterocycles. The van der Waals surface area contributed by atoms with E-state index in [9.17, 15) is 15.0 Å². The van der Waals surface area contributed by atoms with E-state index in [2.05, 4.69) is 5.32 Å². The second-order valence-corrected chi connectivity index (χ2v) is 3.53. The molecule has 1 aliphatic heterocycles. The average Bonchev–Trinajstić information content (AvgIpc) is 2.09. The van der Waals surface area contributed by atoms with E-state index in [1.165, 1.54) is 6.92 Å². The van der Waals surface area contributed by atoms with Crippen LogP contribution in [0.4, 0.5) is 0 Å². The number of carbonyl (C=O) groups is 1. The van der Waals surface area contributed by atoms with Gasteiger partial charge in [0.2, 0.25) is 5.91 Å². The molecular weight excluding hydrogens is 188 g/mol. The van der Waals surface area contributed by atoms with Crippen LogP contribution in [0.15, 0.2) is 0 Å². The van der Waals surface area contributed by atoms with Crippen molar-refractivity contribution in [2.75, 3.05) is 0 Å². The largest absolute Gasteiger partial charge is 0.389 e. The van der Waals surface area contributed by atoms with Crippen molar-refractivity contribution in [2.24, 2.45) is 5.73 Å². The van der Waals surface area contributed by atoms with E-state index in [0.717, 1.165) is 0 Å². The number of nitrogens with one attached hydrogen (secondary N) is 1. The number of carbonyl (C=O) groups excluding carboxylic acids is 1. The number of hydrogen-bond acceptors (Lipinski definition) is 5. The second-order valence-electron chi connectivity index (χ2n) is 3.53. The Morgan fingerprint density at radius 1 is 1.50 bits per heavy atom. The average molecular weight is 204 g/mol. The van der Waals surface area contributed by atoms with Crippen LogP contribution in [-0.2, 0) is 9.53 Å². The number of hydrogen-bond donors (Lipinski definition) is 4. The van der Waals surface area contributed by atoms with Crippen molar-refractivity contribution in [1.29, 1.82) is 0 Å². The minimum Gasteiger partial charge on any atom is -0.389 e. The molecule has 6 heteroatoms. The third-order valence-corrected chi connectivity index (χ3v) is 2.34. The molecule has 82 valence electrons. The minimum absolute atomic E-state index is 0.349. The molecule has 1 heterocycles. The predicted octanol–water partition coefficient (Wildman–Crippen LogP) is -2.08. The summed E-state index contributed by atoms with van der Waals surface area (Å²) in [5.74, 6) is -0.349. The van der Waals surface area contributed by atoms with Gasteiger partial charge in [-0.05, 0) is 6.92 Å². The van der Waals surface area contributed by atoms with Crippen LogP contribution in [0, 0.1) is 0 Å². The fourth-order valence-corrected chi connectivity index (χ4v) is 1.47. The van der Waals surface area contributed by atoms with Gasteiger partial charge < -0.3 is 26.0 Å². The van der Waals surface area contributed by atoms with Crippen LogP contribution in [0.3, 0.4) is 0 Å². The molecule has 0 bridgehead atoms. The maximum absolute atomic E-state index is 10.8. The van der Waals surface area contributed by atoms with Crippen LogP contribution in [0.25, 0.3) is 0 Å². The maximum atomic E-state index is 10.8. The lowest BCUT2D eigenvalue weighted by Crippen LogP contribution is -2.65. The summed E-state index contributed by atoms with van der Waals surface area (Å²) in [7, 11) is 0. The Balaban J connectivity index is 2.68. The van der Waals surface area contributed by atoms with Gasteiger partial charge >= 0.3 is 0 Å². The lowest BCUT2D eigenvalue weighted by atomic mass is 9.96. The highest BCUT2D eigenvalue weighted by molar-refractivity contribution is 5.73. The van der Waals surface area contributed by atoms with Gasteiger partial charge in [0.1, 0.15) is 6.04 Å². The molecule has 0 saturated carbocycles. The van der Waals surface area contributed by atoms with Gasteiger partial charge in [-0.25, -0.2) is 0 Å². The molecular formula is C8H16N2O4. The maximum Gasteiger partial charge on any atom is 0.217 e. The summed E-state index contributed by atoms with van der Waals surface area (Å²) in [6, 6.07) is -1.48. The standard InChI is InChI=1S/C8H16N2O4/c1-3-5(9)7(12)6(8(13)14-3)10-4(2)11/h3,5-8,12-13H,9H2,1-2H3,(H,10,11)/t3-,5+,6-,7+,8+/m1/s1. The molecule has 1 fully saturated rings. The van der Waals surface area contributed by atoms with E-state index in [1.807, 2.05) is 0 Å². The molecule has 0 unspecified atom stereocenters. The first-order chi connectivity index (χ1) is 6.43. The van der Waals surface area contributed by atoms with Crippen LogP contribution in [0.5, 0.6) is 0 Å². The number of ether oxygens (including phenoxy) is 1. The number of nitrogens with two attached hydrogens (primary N) is 1. The van der Waals surface area contributed by atoms with E-state index in [-0.39, 0.29) is 5.91 Å². The summed E-state index contributed by atoms with van der Waals surface area (Å²) < 4.78 is 5.04. The molecule has 5 atom stereocenters. The third kappa shape index (κ3) is 2.21. The summed E-state index contributed by atoms with van der Waals surface area (Å²) in [5.41, 5.74) is 5.61. The normalized spacial score (nSPS) is 43.4. The Bertz CT molecular complexity index is 223. The fraction of sp³-hybridized carbons (Fsp3) is 0.875. The lowest BCUT2D eigenvalue weighted by Gasteiger charge is -2.40. The van der Waals surface area contributed by atoms with Gasteiger partial charge in [0.15, 0.2) is 6.29 Å². The van der Waals surface area contributed by atoms with Crippen molar-refractivity contribution in [2.45, 2.75) is 44.4 Å². The van der Waals surface area contributed by atoms with Crippen LogP contribution in [0.1, 0.15) is 13.8 Å². The Morgan fingerprint density at radius 2 is 2.07 bits per heavy atom. The molecule has 1 rings (SSSR count). The first kappa shape index (κ1) is 11.4. The highest BCUT2D eigenvalue weighted by atomic mass is 16.6. The van der Waals surface area contributed by atoms with Gasteiger partial charge in [0, 0.05) is 6.92 Å². The Kier molecular flexibility index (Phi) is 3.43. The predicted molar refractivity (Wildman–Crippen MR) is 48.1 cm³/mol. The summed E-state index contributed by atoms with van der Waals surface area (Å²) in [4.78, 5) is 10.8. The zero-order valence-electron chi connectivity index (χ0n) is 8.18. The van der Waals surface area contributed by atoms with Gasteiger partial charge in [-0.2, -0.15) is 0 Å². The van der Waals surface area contributed by atoms with Crippen molar-refractivity contribution >= 4 is 5.91 Å². The van der Waals surface area contributed by atoms with E-state index in [4.69, 9.17) is 10.5 Å². The van der Waals surface area contributed by atoms with Crippen molar-refractivity contribution in [1.82, 2.24) is 5.32 Å². The quantitative estimate of drug-likeness (QED) is 0.392. The first-order valence-corrected chi connectivity index (χ1v) is 4.47. The number of aliphatic hydroxyl groups is 2. The zero-order chi connectivity index (χ0) is 10.9. The van der Waals surface area contributed by atoms with E-state index >= 15 is 0 Å². The fourth-order valence-electron chi connectivity index (χ4n) is 1.47. The molecule has 0 aromatic carbocycles. The van der Waals surface area contributed by atoms with Gasteiger partial charge in [-0.1, -0.05) is 0 Å². The highest BCUT2D eigenvalue weighted by Crippen LogP contribution is 2.17. The Hall–Kier alpha value is -0.690. The summed E-state index contributed by atoms with van der Waals surface area (Å²) in [5, 5.41) is 21.5. The van der Waals surface area contributed by atoms with Gasteiger partial charge in [-0.15, -0.1) is 0 Å². The van der Waals surface area contributed by atoms with Crippen LogP contribution in [0.2, 0.25) is 0 Å². The third-order valence-electron chi connectivity index (χ3n) is 2.34. The molecule has 0 aliphatic carbocycles. The molecule has 5 N–H and O–H groups in total. The molecule has 0 spiro atoms. The Morgan fingerprint density at radius 3 is 2.57 bits per heavy atom. The second kappa shape index (κ2) is 4.22. The highest BCUT2D eigenvalue weighted by Gasteiger charge is 2.41. The number of rotatable bonds is 1. The van der Waals surface area contributed by atoms with Crippen LogP contribution < -0.4 is 11.1 Å². The minimum atomic E-state index is -1.22. The van der Waals surface area contributed by atoms with Crippen molar-refractivity contribution in [3.63, 3.8) is 0 Å². The van der Waals surface area contributed by atoms with Crippen LogP contribution in [-0.4, -0.2) is 46.7 Å². The van der Waals surface area contributed by atoms with Gasteiger partial charge in [0.25, 0.3) is 0 Å². The summed E-state index contributed by atoms with van der Waals surface area (Å²) in [6.45, 7) is 2.95. The number of aliphatic hydroxyl groups excluding tert-OH is 2. The van der Waals surface area contributed by atoms with Gasteiger partial charge in [0.05, 0.1) is 18.2 Å².